The minimum atomic E-state index is -0.320. The van der Waals surface area contributed by atoms with Gasteiger partial charge >= 0.3 is 5.97 Å². The zero-order chi connectivity index (χ0) is 14.1. The van der Waals surface area contributed by atoms with Crippen molar-refractivity contribution in [2.24, 2.45) is 5.92 Å². The molecule has 19 heavy (non-hydrogen) atoms. The molecule has 1 rings (SSSR count). The third-order valence-electron chi connectivity index (χ3n) is 2.88. The third kappa shape index (κ3) is 6.57. The van der Waals surface area contributed by atoms with Gasteiger partial charge in [0.25, 0.3) is 0 Å². The van der Waals surface area contributed by atoms with Crippen molar-refractivity contribution in [1.29, 1.82) is 0 Å². The van der Waals surface area contributed by atoms with Crippen molar-refractivity contribution in [3.8, 4) is 0 Å². The highest BCUT2D eigenvalue weighted by Gasteiger charge is 2.09. The maximum absolute atomic E-state index is 11.3. The zero-order valence-corrected chi connectivity index (χ0v) is 12.9. The normalized spacial score (nSPS) is 10.7. The fourth-order valence-electron chi connectivity index (χ4n) is 1.78. The van der Waals surface area contributed by atoms with E-state index in [-0.39, 0.29) is 5.97 Å². The Balaban J connectivity index is 2.09. The van der Waals surface area contributed by atoms with Crippen LogP contribution in [0.1, 0.15) is 55.6 Å². The highest BCUT2D eigenvalue weighted by molar-refractivity contribution is 7.17. The fraction of sp³-hybridized carbons (Fsp3) is 0.714. The Labute approximate surface area is 119 Å². The Morgan fingerprint density at radius 2 is 2.11 bits per heavy atom. The lowest BCUT2D eigenvalue weighted by Gasteiger charge is -2.04. The second-order valence-electron chi connectivity index (χ2n) is 5.04. The van der Waals surface area contributed by atoms with E-state index >= 15 is 0 Å². The van der Waals surface area contributed by atoms with Crippen LogP contribution in [0, 0.1) is 5.92 Å². The van der Waals surface area contributed by atoms with Crippen LogP contribution in [0.4, 0.5) is 5.13 Å². The van der Waals surface area contributed by atoms with E-state index in [0.29, 0.717) is 4.88 Å². The molecule has 0 unspecified atom stereocenters. The fourth-order valence-corrected chi connectivity index (χ4v) is 2.54. The van der Waals surface area contributed by atoms with Crippen molar-refractivity contribution in [3.63, 3.8) is 0 Å². The van der Waals surface area contributed by atoms with Crippen LogP contribution in [0.3, 0.4) is 0 Å². The van der Waals surface area contributed by atoms with Gasteiger partial charge in [0.2, 0.25) is 0 Å². The molecule has 0 aliphatic rings. The van der Waals surface area contributed by atoms with Gasteiger partial charge in [0.05, 0.1) is 13.3 Å². The quantitative estimate of drug-likeness (QED) is 0.551. The summed E-state index contributed by atoms with van der Waals surface area (Å²) in [6.45, 7) is 5.45. The Kier molecular flexibility index (Phi) is 7.48. The molecule has 1 aromatic rings. The minimum Gasteiger partial charge on any atom is -0.465 e. The number of carbonyl (C=O) groups is 1. The molecule has 0 amide bonds. The van der Waals surface area contributed by atoms with Crippen LogP contribution in [0.2, 0.25) is 0 Å². The van der Waals surface area contributed by atoms with Crippen molar-refractivity contribution in [2.75, 3.05) is 19.0 Å². The molecule has 1 aromatic heterocycles. The molecule has 0 aliphatic carbocycles. The number of thiazole rings is 1. The van der Waals surface area contributed by atoms with Gasteiger partial charge in [-0.2, -0.15) is 0 Å². The van der Waals surface area contributed by atoms with Crippen LogP contribution < -0.4 is 5.32 Å². The minimum absolute atomic E-state index is 0.320. The topological polar surface area (TPSA) is 51.2 Å². The molecule has 0 atom stereocenters. The summed E-state index contributed by atoms with van der Waals surface area (Å²) in [4.78, 5) is 15.9. The second kappa shape index (κ2) is 8.91. The lowest BCUT2D eigenvalue weighted by atomic mass is 10.0. The summed E-state index contributed by atoms with van der Waals surface area (Å²) in [5.74, 6) is 0.490. The molecular weight excluding hydrogens is 260 g/mol. The Bertz CT molecular complexity index is 377. The van der Waals surface area contributed by atoms with Gasteiger partial charge in [-0.3, -0.25) is 0 Å². The summed E-state index contributed by atoms with van der Waals surface area (Å²) in [7, 11) is 1.38. The van der Waals surface area contributed by atoms with Crippen molar-refractivity contribution in [1.82, 2.24) is 4.98 Å². The first kappa shape index (κ1) is 16.0. The molecule has 108 valence electrons. The van der Waals surface area contributed by atoms with Gasteiger partial charge in [0.1, 0.15) is 4.88 Å². The number of unbranched alkanes of at least 4 members (excludes halogenated alkanes) is 3. The van der Waals surface area contributed by atoms with E-state index in [1.54, 1.807) is 6.20 Å². The zero-order valence-electron chi connectivity index (χ0n) is 12.1. The number of carbonyl (C=O) groups excluding carboxylic acids is 1. The van der Waals surface area contributed by atoms with Crippen LogP contribution in [0.5, 0.6) is 0 Å². The lowest BCUT2D eigenvalue weighted by Crippen LogP contribution is -2.00. The number of esters is 1. The average Bonchev–Trinajstić information content (AvgIpc) is 2.85. The smallest absolute Gasteiger partial charge is 0.349 e. The number of hydrogen-bond donors (Lipinski definition) is 1. The third-order valence-corrected chi connectivity index (χ3v) is 3.81. The van der Waals surface area contributed by atoms with Gasteiger partial charge in [-0.15, -0.1) is 0 Å². The maximum Gasteiger partial charge on any atom is 0.349 e. The number of nitrogens with zero attached hydrogens (tertiary/aromatic N) is 1. The number of ether oxygens (including phenoxy) is 1. The summed E-state index contributed by atoms with van der Waals surface area (Å²) in [5, 5.41) is 4.04. The highest BCUT2D eigenvalue weighted by atomic mass is 32.1. The molecular formula is C14H24N2O2S. The number of hydrogen-bond acceptors (Lipinski definition) is 5. The molecule has 0 radical (unpaired) electrons. The monoisotopic (exact) mass is 284 g/mol. The molecule has 0 bridgehead atoms. The van der Waals surface area contributed by atoms with Gasteiger partial charge in [-0.1, -0.05) is 50.9 Å². The largest absolute Gasteiger partial charge is 0.465 e. The molecule has 0 fully saturated rings. The first-order chi connectivity index (χ1) is 9.13. The number of aromatic nitrogens is 1. The summed E-state index contributed by atoms with van der Waals surface area (Å²) in [5.41, 5.74) is 0. The van der Waals surface area contributed by atoms with Gasteiger partial charge in [0, 0.05) is 6.54 Å². The van der Waals surface area contributed by atoms with Gasteiger partial charge < -0.3 is 10.1 Å². The van der Waals surface area contributed by atoms with Crippen LogP contribution >= 0.6 is 11.3 Å². The first-order valence-electron chi connectivity index (χ1n) is 6.91. The lowest BCUT2D eigenvalue weighted by molar-refractivity contribution is 0.0606. The number of anilines is 1. The summed E-state index contributed by atoms with van der Waals surface area (Å²) < 4.78 is 4.64. The standard InChI is InChI=1S/C14H24N2O2S/c1-11(2)8-6-4-5-7-9-15-14-16-10-12(19-14)13(17)18-3/h10-11H,4-9H2,1-3H3,(H,15,16). The van der Waals surface area contributed by atoms with Crippen molar-refractivity contribution in [2.45, 2.75) is 46.0 Å². The molecule has 0 spiro atoms. The van der Waals surface area contributed by atoms with E-state index in [2.05, 4.69) is 28.9 Å². The van der Waals surface area contributed by atoms with E-state index in [1.807, 2.05) is 0 Å². The Morgan fingerprint density at radius 1 is 1.37 bits per heavy atom. The number of methoxy groups -OCH3 is 1. The van der Waals surface area contributed by atoms with Crippen LogP contribution in [0.15, 0.2) is 6.20 Å². The summed E-state index contributed by atoms with van der Waals surface area (Å²) in [6, 6.07) is 0. The molecule has 0 aromatic carbocycles. The van der Waals surface area contributed by atoms with E-state index in [4.69, 9.17) is 0 Å². The van der Waals surface area contributed by atoms with Crippen molar-refractivity contribution >= 4 is 22.4 Å². The van der Waals surface area contributed by atoms with E-state index in [9.17, 15) is 4.79 Å². The van der Waals surface area contributed by atoms with Crippen LogP contribution in [-0.4, -0.2) is 24.6 Å². The molecule has 4 nitrogen and oxygen atoms in total. The van der Waals surface area contributed by atoms with Crippen molar-refractivity contribution < 1.29 is 9.53 Å². The molecule has 0 aliphatic heterocycles. The maximum atomic E-state index is 11.3. The average molecular weight is 284 g/mol. The van der Waals surface area contributed by atoms with Gasteiger partial charge in [-0.25, -0.2) is 9.78 Å². The highest BCUT2D eigenvalue weighted by Crippen LogP contribution is 2.18. The second-order valence-corrected chi connectivity index (χ2v) is 6.08. The first-order valence-corrected chi connectivity index (χ1v) is 7.73. The van der Waals surface area contributed by atoms with E-state index < -0.39 is 0 Å². The van der Waals surface area contributed by atoms with E-state index in [0.717, 1.165) is 24.0 Å². The van der Waals surface area contributed by atoms with Crippen molar-refractivity contribution in [3.05, 3.63) is 11.1 Å². The Morgan fingerprint density at radius 3 is 2.79 bits per heavy atom. The van der Waals surface area contributed by atoms with E-state index in [1.165, 1.54) is 44.1 Å². The van der Waals surface area contributed by atoms with Gasteiger partial charge in [0.15, 0.2) is 5.13 Å². The molecule has 0 saturated carbocycles. The molecule has 5 heteroatoms. The van der Waals surface area contributed by atoms with Crippen LogP contribution in [-0.2, 0) is 4.74 Å². The Hall–Kier alpha value is -1.10. The van der Waals surface area contributed by atoms with Crippen LogP contribution in [0.25, 0.3) is 0 Å². The number of nitrogens with one attached hydrogen (secondary N) is 1. The summed E-state index contributed by atoms with van der Waals surface area (Å²) >= 11 is 1.34. The molecule has 1 heterocycles. The molecule has 1 N–H and O–H groups in total. The summed E-state index contributed by atoms with van der Waals surface area (Å²) in [6.07, 6.45) is 7.89. The van der Waals surface area contributed by atoms with Gasteiger partial charge in [-0.05, 0) is 12.3 Å². The predicted molar refractivity (Wildman–Crippen MR) is 79.9 cm³/mol. The number of rotatable bonds is 9. The molecule has 0 saturated heterocycles. The SMILES string of the molecule is COC(=O)c1cnc(NCCCCCCC(C)C)s1. The predicted octanol–water partition coefficient (Wildman–Crippen LogP) is 3.95.